The maximum Gasteiger partial charge on any atom is 0.244 e. The summed E-state index contributed by atoms with van der Waals surface area (Å²) in [6.45, 7) is 3.00. The monoisotopic (exact) mass is 326 g/mol. The maximum absolute atomic E-state index is 12.7. The molecule has 6 nitrogen and oxygen atoms in total. The van der Waals surface area contributed by atoms with E-state index in [1.54, 1.807) is 10.4 Å². The zero-order valence-electron chi connectivity index (χ0n) is 11.6. The molecule has 1 aromatic rings. The molecule has 2 fully saturated rings. The van der Waals surface area contributed by atoms with Crippen LogP contribution in [-0.2, 0) is 10.0 Å². The predicted octanol–water partition coefficient (Wildman–Crippen LogP) is 0.185. The third-order valence-corrected chi connectivity index (χ3v) is 6.23. The topological polar surface area (TPSA) is 79.5 Å². The maximum atomic E-state index is 12.7. The first-order chi connectivity index (χ1) is 9.98. The number of hydrogen-bond acceptors (Lipinski definition) is 5. The number of aromatic nitrogens is 1. The molecule has 0 aromatic carbocycles. The second-order valence-corrected chi connectivity index (χ2v) is 7.82. The van der Waals surface area contributed by atoms with Crippen molar-refractivity contribution in [1.29, 1.82) is 0 Å². The van der Waals surface area contributed by atoms with E-state index < -0.39 is 10.0 Å². The number of nitrogens with two attached hydrogens (primary N) is 1. The van der Waals surface area contributed by atoms with Crippen molar-refractivity contribution in [2.24, 2.45) is 5.73 Å². The molecule has 8 heteroatoms. The summed E-state index contributed by atoms with van der Waals surface area (Å²) in [5, 5.41) is 0. The predicted molar refractivity (Wildman–Crippen MR) is 83.5 cm³/mol. The van der Waals surface area contributed by atoms with Crippen LogP contribution in [0.4, 0.5) is 0 Å². The summed E-state index contributed by atoms with van der Waals surface area (Å²) in [5.41, 5.74) is 5.91. The average Bonchev–Trinajstić information content (AvgIpc) is 2.94. The summed E-state index contributed by atoms with van der Waals surface area (Å²) in [6, 6.07) is 3.44. The lowest BCUT2D eigenvalue weighted by Gasteiger charge is -2.36. The van der Waals surface area contributed by atoms with Gasteiger partial charge in [0.05, 0.1) is 5.69 Å². The summed E-state index contributed by atoms with van der Waals surface area (Å²) in [4.78, 5) is 6.77. The van der Waals surface area contributed by atoms with Gasteiger partial charge in [-0.15, -0.1) is 0 Å². The lowest BCUT2D eigenvalue weighted by Crippen LogP contribution is -2.51. The molecule has 3 heterocycles. The van der Waals surface area contributed by atoms with Crippen LogP contribution in [0.3, 0.4) is 0 Å². The Labute approximate surface area is 130 Å². The Morgan fingerprint density at radius 3 is 2.81 bits per heavy atom. The number of piperazine rings is 1. The zero-order chi connectivity index (χ0) is 15.0. The number of pyridine rings is 1. The van der Waals surface area contributed by atoms with Gasteiger partial charge in [0.2, 0.25) is 10.0 Å². The second-order valence-electron chi connectivity index (χ2n) is 5.44. The van der Waals surface area contributed by atoms with Gasteiger partial charge in [-0.25, -0.2) is 8.42 Å². The number of thiocarbonyl (C=S) groups is 1. The highest BCUT2D eigenvalue weighted by Crippen LogP contribution is 2.25. The van der Waals surface area contributed by atoms with Crippen molar-refractivity contribution >= 4 is 27.2 Å². The Kier molecular flexibility index (Phi) is 3.96. The highest BCUT2D eigenvalue weighted by atomic mass is 32.2. The highest BCUT2D eigenvalue weighted by molar-refractivity contribution is 7.89. The van der Waals surface area contributed by atoms with Gasteiger partial charge in [0, 0.05) is 31.9 Å². The van der Waals surface area contributed by atoms with E-state index in [4.69, 9.17) is 18.0 Å². The van der Waals surface area contributed by atoms with E-state index in [0.717, 1.165) is 25.9 Å². The number of fused-ring (bicyclic) bond motifs is 1. The van der Waals surface area contributed by atoms with Gasteiger partial charge in [-0.3, -0.25) is 9.88 Å². The Bertz CT molecular complexity index is 645. The summed E-state index contributed by atoms with van der Waals surface area (Å²) in [6.07, 6.45) is 3.57. The van der Waals surface area contributed by atoms with Crippen LogP contribution in [-0.4, -0.2) is 59.8 Å². The summed E-state index contributed by atoms with van der Waals surface area (Å²) in [7, 11) is -3.48. The Balaban J connectivity index is 1.81. The van der Waals surface area contributed by atoms with E-state index in [-0.39, 0.29) is 9.88 Å². The van der Waals surface area contributed by atoms with Gasteiger partial charge in [0.25, 0.3) is 0 Å². The fourth-order valence-corrected chi connectivity index (χ4v) is 4.54. The molecule has 0 saturated carbocycles. The van der Waals surface area contributed by atoms with Crippen molar-refractivity contribution in [2.45, 2.75) is 23.8 Å². The number of sulfonamides is 1. The van der Waals surface area contributed by atoms with E-state index in [9.17, 15) is 8.42 Å². The largest absolute Gasteiger partial charge is 0.388 e. The SMILES string of the molecule is NC(=S)c1ccc(S(=O)(=O)N2CCN3CCCC3C2)cn1. The van der Waals surface area contributed by atoms with E-state index in [0.29, 0.717) is 24.8 Å². The number of rotatable bonds is 3. The second kappa shape index (κ2) is 5.60. The highest BCUT2D eigenvalue weighted by Gasteiger charge is 2.36. The van der Waals surface area contributed by atoms with Crippen molar-refractivity contribution in [3.8, 4) is 0 Å². The molecule has 0 radical (unpaired) electrons. The first kappa shape index (κ1) is 14.8. The molecule has 0 amide bonds. The molecule has 0 spiro atoms. The van der Waals surface area contributed by atoms with Crippen molar-refractivity contribution in [1.82, 2.24) is 14.2 Å². The van der Waals surface area contributed by atoms with Gasteiger partial charge in [0.1, 0.15) is 9.88 Å². The van der Waals surface area contributed by atoms with E-state index in [1.807, 2.05) is 0 Å². The molecule has 0 aliphatic carbocycles. The third kappa shape index (κ3) is 2.80. The molecule has 0 bridgehead atoms. The van der Waals surface area contributed by atoms with Crippen LogP contribution in [0.5, 0.6) is 0 Å². The van der Waals surface area contributed by atoms with Crippen molar-refractivity contribution in [2.75, 3.05) is 26.2 Å². The minimum Gasteiger partial charge on any atom is -0.388 e. The minimum absolute atomic E-state index is 0.165. The Morgan fingerprint density at radius 1 is 1.33 bits per heavy atom. The molecule has 1 atom stereocenters. The van der Waals surface area contributed by atoms with Crippen LogP contribution < -0.4 is 5.73 Å². The molecular weight excluding hydrogens is 308 g/mol. The minimum atomic E-state index is -3.48. The fourth-order valence-electron chi connectivity index (χ4n) is 3.01. The van der Waals surface area contributed by atoms with Crippen LogP contribution in [0, 0.1) is 0 Å². The van der Waals surface area contributed by atoms with Gasteiger partial charge in [-0.2, -0.15) is 4.31 Å². The van der Waals surface area contributed by atoms with Crippen LogP contribution in [0.15, 0.2) is 23.2 Å². The quantitative estimate of drug-likeness (QED) is 0.799. The normalized spacial score (nSPS) is 23.9. The van der Waals surface area contributed by atoms with Gasteiger partial charge in [0.15, 0.2) is 0 Å². The molecule has 2 aliphatic rings. The Hall–Kier alpha value is -1.09. The molecule has 21 heavy (non-hydrogen) atoms. The van der Waals surface area contributed by atoms with Gasteiger partial charge < -0.3 is 5.73 Å². The van der Waals surface area contributed by atoms with E-state index in [2.05, 4.69) is 9.88 Å². The van der Waals surface area contributed by atoms with E-state index >= 15 is 0 Å². The molecule has 3 rings (SSSR count). The third-order valence-electron chi connectivity index (χ3n) is 4.18. The first-order valence-electron chi connectivity index (χ1n) is 6.98. The zero-order valence-corrected chi connectivity index (χ0v) is 13.2. The Morgan fingerprint density at radius 2 is 2.14 bits per heavy atom. The van der Waals surface area contributed by atoms with E-state index in [1.165, 1.54) is 12.3 Å². The van der Waals surface area contributed by atoms with Gasteiger partial charge in [-0.1, -0.05) is 12.2 Å². The molecule has 1 unspecified atom stereocenters. The van der Waals surface area contributed by atoms with Crippen molar-refractivity contribution in [3.63, 3.8) is 0 Å². The first-order valence-corrected chi connectivity index (χ1v) is 8.83. The molecule has 2 saturated heterocycles. The molecular formula is C13H18N4O2S2. The van der Waals surface area contributed by atoms with Gasteiger partial charge >= 0.3 is 0 Å². The smallest absolute Gasteiger partial charge is 0.244 e. The number of nitrogens with zero attached hydrogens (tertiary/aromatic N) is 3. The van der Waals surface area contributed by atoms with Crippen LogP contribution in [0.1, 0.15) is 18.5 Å². The van der Waals surface area contributed by atoms with Gasteiger partial charge in [-0.05, 0) is 31.5 Å². The van der Waals surface area contributed by atoms with Crippen molar-refractivity contribution < 1.29 is 8.42 Å². The van der Waals surface area contributed by atoms with Crippen molar-refractivity contribution in [3.05, 3.63) is 24.0 Å². The molecule has 2 N–H and O–H groups in total. The standard InChI is InChI=1S/C13H18N4O2S2/c14-13(20)12-4-3-11(8-15-12)21(18,19)17-7-6-16-5-1-2-10(16)9-17/h3-4,8,10H,1-2,5-7,9H2,(H2,14,20). The number of hydrogen-bond donors (Lipinski definition) is 1. The van der Waals surface area contributed by atoms with Crippen LogP contribution >= 0.6 is 12.2 Å². The van der Waals surface area contributed by atoms with Crippen LogP contribution in [0.2, 0.25) is 0 Å². The lowest BCUT2D eigenvalue weighted by molar-refractivity contribution is 0.158. The summed E-state index contributed by atoms with van der Waals surface area (Å²) >= 11 is 4.82. The average molecular weight is 326 g/mol. The molecule has 2 aliphatic heterocycles. The van der Waals surface area contributed by atoms with Crippen LogP contribution in [0.25, 0.3) is 0 Å². The molecule has 1 aromatic heterocycles. The summed E-state index contributed by atoms with van der Waals surface area (Å²) < 4.78 is 26.9. The lowest BCUT2D eigenvalue weighted by atomic mass is 10.2. The molecule has 114 valence electrons. The summed E-state index contributed by atoms with van der Waals surface area (Å²) in [5.74, 6) is 0. The fraction of sp³-hybridized carbons (Fsp3) is 0.538.